The van der Waals surface area contributed by atoms with Crippen LogP contribution in [0.3, 0.4) is 0 Å². The minimum Gasteiger partial charge on any atom is -0.507 e. The summed E-state index contributed by atoms with van der Waals surface area (Å²) >= 11 is 0. The minimum absolute atomic E-state index is 0.328. The molecule has 0 aliphatic carbocycles. The van der Waals surface area contributed by atoms with Gasteiger partial charge in [0, 0.05) is 5.56 Å². The van der Waals surface area contributed by atoms with Gasteiger partial charge in [0.15, 0.2) is 0 Å². The Morgan fingerprint density at radius 3 is 1.82 bits per heavy atom. The highest BCUT2D eigenvalue weighted by Crippen LogP contribution is 2.27. The lowest BCUT2D eigenvalue weighted by Gasteiger charge is -2.02. The zero-order valence-corrected chi connectivity index (χ0v) is 10.3. The van der Waals surface area contributed by atoms with E-state index in [1.807, 2.05) is 69.2 Å². The summed E-state index contributed by atoms with van der Waals surface area (Å²) in [5.74, 6) is 0.328. The molecule has 0 radical (unpaired) electrons. The van der Waals surface area contributed by atoms with Gasteiger partial charge in [0.1, 0.15) is 12.5 Å². The van der Waals surface area contributed by atoms with Gasteiger partial charge in [0.25, 0.3) is 0 Å². The second-order valence-corrected chi connectivity index (χ2v) is 2.88. The number of carbonyl (C=O) groups is 1. The number of carbonyl (C=O) groups excluding carboxylic acids is 1. The molecular weight excluding hydrogens is 212 g/mol. The monoisotopic (exact) mass is 230 g/mol. The molecule has 2 nitrogen and oxygen atoms in total. The lowest BCUT2D eigenvalue weighted by molar-refractivity contribution is -0.0979. The topological polar surface area (TPSA) is 37.3 Å². The van der Waals surface area contributed by atoms with Crippen LogP contribution in [0, 0.1) is 0 Å². The molecule has 0 unspecified atom stereocenters. The average molecular weight is 230 g/mol. The van der Waals surface area contributed by atoms with Gasteiger partial charge in [-0.3, -0.25) is 0 Å². The van der Waals surface area contributed by atoms with Gasteiger partial charge in [-0.1, -0.05) is 62.4 Å². The summed E-state index contributed by atoms with van der Waals surface area (Å²) in [6, 6.07) is 17.2. The highest BCUT2D eigenvalue weighted by molar-refractivity contribution is 5.69. The van der Waals surface area contributed by atoms with E-state index in [0.717, 1.165) is 11.1 Å². The van der Waals surface area contributed by atoms with Gasteiger partial charge in [-0.15, -0.1) is 0 Å². The Labute approximate surface area is 103 Å². The smallest absolute Gasteiger partial charge is 0.123 e. The average Bonchev–Trinajstić information content (AvgIpc) is 2.45. The largest absolute Gasteiger partial charge is 0.507 e. The molecule has 2 aromatic carbocycles. The molecule has 2 heteroatoms. The van der Waals surface area contributed by atoms with E-state index >= 15 is 0 Å². The Morgan fingerprint density at radius 1 is 0.824 bits per heavy atom. The van der Waals surface area contributed by atoms with Gasteiger partial charge in [-0.2, -0.15) is 0 Å². The van der Waals surface area contributed by atoms with Crippen LogP contribution < -0.4 is 0 Å². The minimum atomic E-state index is 0.328. The van der Waals surface area contributed by atoms with E-state index in [1.54, 1.807) is 6.07 Å². The second-order valence-electron chi connectivity index (χ2n) is 2.88. The molecule has 0 heterocycles. The van der Waals surface area contributed by atoms with Crippen molar-refractivity contribution in [1.29, 1.82) is 0 Å². The Hall–Kier alpha value is -2.09. The van der Waals surface area contributed by atoms with Gasteiger partial charge in [0.05, 0.1) is 0 Å². The Bertz CT molecular complexity index is 410. The molecule has 0 aliphatic rings. The van der Waals surface area contributed by atoms with E-state index in [9.17, 15) is 5.11 Å². The first-order valence-corrected chi connectivity index (χ1v) is 5.50. The zero-order valence-electron chi connectivity index (χ0n) is 10.3. The van der Waals surface area contributed by atoms with E-state index in [2.05, 4.69) is 0 Å². The molecule has 17 heavy (non-hydrogen) atoms. The molecule has 0 bridgehead atoms. The molecule has 0 atom stereocenters. The molecule has 0 aromatic heterocycles. The van der Waals surface area contributed by atoms with Crippen molar-refractivity contribution in [2.75, 3.05) is 0 Å². The van der Waals surface area contributed by atoms with Crippen molar-refractivity contribution in [3.8, 4) is 16.9 Å². The second kappa shape index (κ2) is 9.16. The molecule has 0 spiro atoms. The van der Waals surface area contributed by atoms with E-state index in [4.69, 9.17) is 4.79 Å². The van der Waals surface area contributed by atoms with Crippen molar-refractivity contribution in [1.82, 2.24) is 0 Å². The number of hydrogen-bond donors (Lipinski definition) is 1. The third-order valence-corrected chi connectivity index (χ3v) is 1.99. The van der Waals surface area contributed by atoms with Crippen molar-refractivity contribution < 1.29 is 9.90 Å². The molecule has 2 rings (SSSR count). The van der Waals surface area contributed by atoms with E-state index in [1.165, 1.54) is 0 Å². The summed E-state index contributed by atoms with van der Waals surface area (Å²) in [6.07, 6.45) is 0. The number of aromatic hydroxyl groups is 1. The molecule has 0 saturated heterocycles. The normalized spacial score (nSPS) is 8.12. The predicted molar refractivity (Wildman–Crippen MR) is 72.0 cm³/mol. The first-order chi connectivity index (χ1) is 8.38. The molecular formula is C15H18O2. The van der Waals surface area contributed by atoms with Crippen LogP contribution in [0.2, 0.25) is 0 Å². The van der Waals surface area contributed by atoms with Crippen LogP contribution in [0.5, 0.6) is 5.75 Å². The molecule has 2 aromatic rings. The van der Waals surface area contributed by atoms with Crippen LogP contribution in [0.15, 0.2) is 54.6 Å². The highest BCUT2D eigenvalue weighted by Gasteiger charge is 2.00. The number of phenolic OH excluding ortho intramolecular Hbond substituents is 1. The van der Waals surface area contributed by atoms with Gasteiger partial charge >= 0.3 is 0 Å². The van der Waals surface area contributed by atoms with Crippen LogP contribution in [0.25, 0.3) is 11.1 Å². The van der Waals surface area contributed by atoms with Crippen molar-refractivity contribution in [2.45, 2.75) is 13.8 Å². The summed E-state index contributed by atoms with van der Waals surface area (Å²) in [7, 11) is 0. The fraction of sp³-hybridized carbons (Fsp3) is 0.133. The summed E-state index contributed by atoms with van der Waals surface area (Å²) < 4.78 is 0. The Balaban J connectivity index is 0.000000581. The van der Waals surface area contributed by atoms with Crippen LogP contribution in [-0.2, 0) is 4.79 Å². The SMILES string of the molecule is C=O.CC.Oc1ccccc1-c1ccccc1. The van der Waals surface area contributed by atoms with Gasteiger partial charge < -0.3 is 9.90 Å². The van der Waals surface area contributed by atoms with Crippen LogP contribution >= 0.6 is 0 Å². The highest BCUT2D eigenvalue weighted by atomic mass is 16.3. The maximum Gasteiger partial charge on any atom is 0.123 e. The van der Waals surface area contributed by atoms with Gasteiger partial charge in [-0.05, 0) is 11.6 Å². The number of benzene rings is 2. The third kappa shape index (κ3) is 4.51. The maximum atomic E-state index is 9.56. The predicted octanol–water partition coefficient (Wildman–Crippen LogP) is 3.90. The molecule has 0 aliphatic heterocycles. The summed E-state index contributed by atoms with van der Waals surface area (Å²) in [6.45, 7) is 6.00. The molecule has 90 valence electrons. The Kier molecular flexibility index (Phi) is 8.03. The molecule has 1 N–H and O–H groups in total. The maximum absolute atomic E-state index is 9.56. The van der Waals surface area contributed by atoms with E-state index in [-0.39, 0.29) is 0 Å². The summed E-state index contributed by atoms with van der Waals surface area (Å²) in [4.78, 5) is 8.00. The fourth-order valence-electron chi connectivity index (χ4n) is 1.34. The fourth-order valence-corrected chi connectivity index (χ4v) is 1.34. The van der Waals surface area contributed by atoms with Crippen LogP contribution in [0.1, 0.15) is 13.8 Å². The quantitative estimate of drug-likeness (QED) is 0.806. The number of para-hydroxylation sites is 1. The van der Waals surface area contributed by atoms with Crippen LogP contribution in [-0.4, -0.2) is 11.9 Å². The van der Waals surface area contributed by atoms with Gasteiger partial charge in [0.2, 0.25) is 0 Å². The number of hydrogen-bond acceptors (Lipinski definition) is 2. The van der Waals surface area contributed by atoms with Crippen molar-refractivity contribution in [2.24, 2.45) is 0 Å². The lowest BCUT2D eigenvalue weighted by atomic mass is 10.1. The zero-order chi connectivity index (χ0) is 13.1. The Morgan fingerprint density at radius 2 is 1.29 bits per heavy atom. The molecule has 0 saturated carbocycles. The number of rotatable bonds is 1. The van der Waals surface area contributed by atoms with E-state index < -0.39 is 0 Å². The van der Waals surface area contributed by atoms with Crippen molar-refractivity contribution in [3.63, 3.8) is 0 Å². The first kappa shape index (κ1) is 14.9. The van der Waals surface area contributed by atoms with Crippen LogP contribution in [0.4, 0.5) is 0 Å². The van der Waals surface area contributed by atoms with Crippen molar-refractivity contribution >= 4 is 6.79 Å². The first-order valence-electron chi connectivity index (χ1n) is 5.50. The number of phenols is 1. The third-order valence-electron chi connectivity index (χ3n) is 1.99. The summed E-state index contributed by atoms with van der Waals surface area (Å²) in [5.41, 5.74) is 1.92. The molecule has 0 amide bonds. The standard InChI is InChI=1S/C12H10O.C2H6.CH2O/c13-12-9-5-4-8-11(12)10-6-2-1-3-7-10;2*1-2/h1-9,13H;1-2H3;1H2. The van der Waals surface area contributed by atoms with Gasteiger partial charge in [-0.25, -0.2) is 0 Å². The summed E-state index contributed by atoms with van der Waals surface area (Å²) in [5, 5.41) is 9.56. The van der Waals surface area contributed by atoms with E-state index in [0.29, 0.717) is 5.75 Å². The molecule has 0 fully saturated rings. The lowest BCUT2D eigenvalue weighted by Crippen LogP contribution is -1.76. The van der Waals surface area contributed by atoms with Crippen molar-refractivity contribution in [3.05, 3.63) is 54.6 Å².